The molecule has 0 aliphatic heterocycles. The van der Waals surface area contributed by atoms with Gasteiger partial charge in [-0.3, -0.25) is 0 Å². The number of alkyl halides is 3. The molecule has 25 heavy (non-hydrogen) atoms. The molecule has 0 unspecified atom stereocenters. The molecular formula is C17H11F3N4O. The smallest absolute Gasteiger partial charge is 0.420 e. The normalized spacial score (nSPS) is 11.3. The maximum absolute atomic E-state index is 13.1. The van der Waals surface area contributed by atoms with Crippen molar-refractivity contribution in [1.29, 1.82) is 5.26 Å². The van der Waals surface area contributed by atoms with Gasteiger partial charge in [-0.15, -0.1) is 0 Å². The summed E-state index contributed by atoms with van der Waals surface area (Å²) in [5, 5.41) is 23.1. The van der Waals surface area contributed by atoms with Crippen LogP contribution >= 0.6 is 0 Å². The van der Waals surface area contributed by atoms with Crippen molar-refractivity contribution in [3.8, 4) is 34.3 Å². The average Bonchev–Trinajstić information content (AvgIpc) is 3.00. The number of phenolic OH excluding ortho intramolecular Hbond substituents is 1. The largest absolute Gasteiger partial charge is 0.507 e. The number of aryl methyl sites for hydroxylation is 1. The predicted octanol–water partition coefficient (Wildman–Crippen LogP) is 3.75. The van der Waals surface area contributed by atoms with Gasteiger partial charge >= 0.3 is 6.18 Å². The molecule has 2 aromatic carbocycles. The zero-order chi connectivity index (χ0) is 18.2. The van der Waals surface area contributed by atoms with Crippen molar-refractivity contribution < 1.29 is 18.3 Å². The molecule has 0 fully saturated rings. The van der Waals surface area contributed by atoms with Crippen molar-refractivity contribution in [2.45, 2.75) is 6.18 Å². The number of hydrogen-bond donors (Lipinski definition) is 1. The van der Waals surface area contributed by atoms with E-state index in [1.165, 1.54) is 17.1 Å². The summed E-state index contributed by atoms with van der Waals surface area (Å²) in [7, 11) is 1.69. The molecule has 0 saturated heterocycles. The van der Waals surface area contributed by atoms with Crippen LogP contribution in [-0.4, -0.2) is 19.9 Å². The van der Waals surface area contributed by atoms with Crippen LogP contribution in [0.1, 0.15) is 11.1 Å². The maximum atomic E-state index is 13.1. The van der Waals surface area contributed by atoms with Gasteiger partial charge in [-0.25, -0.2) is 9.67 Å². The van der Waals surface area contributed by atoms with E-state index in [9.17, 15) is 18.3 Å². The van der Waals surface area contributed by atoms with Gasteiger partial charge in [-0.05, 0) is 23.8 Å². The van der Waals surface area contributed by atoms with E-state index >= 15 is 0 Å². The Kier molecular flexibility index (Phi) is 3.93. The second-order valence-corrected chi connectivity index (χ2v) is 5.32. The number of aromatic nitrogens is 3. The summed E-state index contributed by atoms with van der Waals surface area (Å²) in [5.74, 6) is -0.393. The molecule has 0 aliphatic rings. The molecule has 3 aromatic rings. The quantitative estimate of drug-likeness (QED) is 0.768. The molecule has 5 nitrogen and oxygen atoms in total. The lowest BCUT2D eigenvalue weighted by atomic mass is 9.96. The van der Waals surface area contributed by atoms with E-state index in [0.29, 0.717) is 23.0 Å². The average molecular weight is 344 g/mol. The maximum Gasteiger partial charge on any atom is 0.420 e. The van der Waals surface area contributed by atoms with Crippen LogP contribution in [0.4, 0.5) is 13.2 Å². The Morgan fingerprint density at radius 2 is 1.88 bits per heavy atom. The lowest BCUT2D eigenvalue weighted by Crippen LogP contribution is -2.06. The van der Waals surface area contributed by atoms with Gasteiger partial charge in [0.15, 0.2) is 5.82 Å². The fourth-order valence-electron chi connectivity index (χ4n) is 2.52. The van der Waals surface area contributed by atoms with E-state index < -0.39 is 17.5 Å². The van der Waals surface area contributed by atoms with Gasteiger partial charge in [0.25, 0.3) is 0 Å². The minimum Gasteiger partial charge on any atom is -0.507 e. The Bertz CT molecular complexity index is 986. The van der Waals surface area contributed by atoms with Gasteiger partial charge in [-0.1, -0.05) is 18.2 Å². The Morgan fingerprint density at radius 1 is 1.16 bits per heavy atom. The Hall–Kier alpha value is -3.34. The second kappa shape index (κ2) is 5.94. The molecule has 0 bridgehead atoms. The summed E-state index contributed by atoms with van der Waals surface area (Å²) in [6.45, 7) is 0. The number of nitriles is 1. The summed E-state index contributed by atoms with van der Waals surface area (Å²) in [6.07, 6.45) is -3.41. The molecule has 1 N–H and O–H groups in total. The molecular weight excluding hydrogens is 333 g/mol. The highest BCUT2D eigenvalue weighted by Gasteiger charge is 2.35. The molecule has 0 aliphatic carbocycles. The van der Waals surface area contributed by atoms with Crippen LogP contribution in [0, 0.1) is 11.3 Å². The third kappa shape index (κ3) is 3.04. The number of hydrogen-bond acceptors (Lipinski definition) is 4. The van der Waals surface area contributed by atoms with Gasteiger partial charge in [0.2, 0.25) is 0 Å². The van der Waals surface area contributed by atoms with Crippen LogP contribution in [0.25, 0.3) is 22.5 Å². The van der Waals surface area contributed by atoms with Crippen molar-refractivity contribution >= 4 is 0 Å². The Morgan fingerprint density at radius 3 is 2.48 bits per heavy atom. The number of rotatable bonds is 2. The van der Waals surface area contributed by atoms with E-state index in [4.69, 9.17) is 5.26 Å². The van der Waals surface area contributed by atoms with Crippen LogP contribution in [0.3, 0.4) is 0 Å². The lowest BCUT2D eigenvalue weighted by Gasteiger charge is -2.14. The minimum absolute atomic E-state index is 0.0737. The van der Waals surface area contributed by atoms with Crippen LogP contribution in [0.15, 0.2) is 42.7 Å². The molecule has 8 heteroatoms. The number of halogens is 3. The zero-order valence-corrected chi connectivity index (χ0v) is 12.9. The lowest BCUT2D eigenvalue weighted by molar-refractivity contribution is -0.138. The van der Waals surface area contributed by atoms with Crippen molar-refractivity contribution in [1.82, 2.24) is 14.8 Å². The predicted molar refractivity (Wildman–Crippen MR) is 83.3 cm³/mol. The first-order valence-electron chi connectivity index (χ1n) is 7.10. The SMILES string of the molecule is Cn1ncnc1-c1cccc(-c2cc(C#N)cc(C(F)(F)F)c2O)c1. The Balaban J connectivity index is 2.21. The second-order valence-electron chi connectivity index (χ2n) is 5.32. The molecule has 0 atom stereocenters. The molecule has 0 radical (unpaired) electrons. The highest BCUT2D eigenvalue weighted by atomic mass is 19.4. The topological polar surface area (TPSA) is 74.7 Å². The first kappa shape index (κ1) is 16.5. The van der Waals surface area contributed by atoms with E-state index in [1.54, 1.807) is 37.4 Å². The molecule has 3 rings (SSSR count). The first-order chi connectivity index (χ1) is 11.8. The Labute approximate surface area is 140 Å². The van der Waals surface area contributed by atoms with E-state index in [-0.39, 0.29) is 11.1 Å². The summed E-state index contributed by atoms with van der Waals surface area (Å²) in [5.41, 5.74) is -0.557. The third-order valence-electron chi connectivity index (χ3n) is 3.69. The number of phenols is 1. The molecule has 1 heterocycles. The number of aromatic hydroxyl groups is 1. The van der Waals surface area contributed by atoms with Gasteiger partial charge in [-0.2, -0.15) is 23.5 Å². The third-order valence-corrected chi connectivity index (χ3v) is 3.69. The summed E-state index contributed by atoms with van der Waals surface area (Å²) < 4.78 is 40.9. The highest BCUT2D eigenvalue weighted by Crippen LogP contribution is 2.42. The molecule has 0 saturated carbocycles. The van der Waals surface area contributed by atoms with Crippen molar-refractivity contribution in [3.05, 3.63) is 53.9 Å². The summed E-state index contributed by atoms with van der Waals surface area (Å²) >= 11 is 0. The molecule has 0 spiro atoms. The summed E-state index contributed by atoms with van der Waals surface area (Å²) in [6, 6.07) is 10.0. The van der Waals surface area contributed by atoms with Gasteiger partial charge in [0, 0.05) is 18.2 Å². The fourth-order valence-corrected chi connectivity index (χ4v) is 2.52. The van der Waals surface area contributed by atoms with Crippen molar-refractivity contribution in [3.63, 3.8) is 0 Å². The minimum atomic E-state index is -4.77. The van der Waals surface area contributed by atoms with Crippen molar-refractivity contribution in [2.75, 3.05) is 0 Å². The van der Waals surface area contributed by atoms with E-state index in [0.717, 1.165) is 0 Å². The monoisotopic (exact) mass is 344 g/mol. The standard InChI is InChI=1S/C17H11F3N4O/c1-24-16(22-9-23-24)12-4-2-3-11(7-12)13-5-10(8-21)6-14(15(13)25)17(18,19)20/h2-7,9,25H,1H3. The van der Waals surface area contributed by atoms with Crippen LogP contribution < -0.4 is 0 Å². The first-order valence-corrected chi connectivity index (χ1v) is 7.10. The van der Waals surface area contributed by atoms with E-state index in [2.05, 4.69) is 10.1 Å². The zero-order valence-electron chi connectivity index (χ0n) is 12.9. The number of nitrogens with zero attached hydrogens (tertiary/aromatic N) is 4. The van der Waals surface area contributed by atoms with E-state index in [1.807, 2.05) is 0 Å². The molecule has 0 amide bonds. The highest BCUT2D eigenvalue weighted by molar-refractivity contribution is 5.77. The van der Waals surface area contributed by atoms with Crippen LogP contribution in [0.5, 0.6) is 5.75 Å². The van der Waals surface area contributed by atoms with Crippen LogP contribution in [-0.2, 0) is 13.2 Å². The van der Waals surface area contributed by atoms with Crippen LogP contribution in [0.2, 0.25) is 0 Å². The van der Waals surface area contributed by atoms with Gasteiger partial charge in [0.05, 0.1) is 17.2 Å². The molecule has 1 aromatic heterocycles. The van der Waals surface area contributed by atoms with Crippen molar-refractivity contribution in [2.24, 2.45) is 7.05 Å². The number of benzene rings is 2. The molecule has 126 valence electrons. The summed E-state index contributed by atoms with van der Waals surface area (Å²) in [4.78, 5) is 4.09. The van der Waals surface area contributed by atoms with Gasteiger partial charge in [0.1, 0.15) is 12.1 Å². The fraction of sp³-hybridized carbons (Fsp3) is 0.118. The van der Waals surface area contributed by atoms with Gasteiger partial charge < -0.3 is 5.11 Å².